The van der Waals surface area contributed by atoms with E-state index >= 15 is 0 Å². The van der Waals surface area contributed by atoms with Crippen molar-refractivity contribution in [3.8, 4) is 12.1 Å². The zero-order valence-corrected chi connectivity index (χ0v) is 16.7. The number of anilines is 2. The SMILES string of the molecule is CC(C)(C)OC(=O)N1CCC(CNc2ccc(NC=C(C#N)C#N)cc2)CC1. The van der Waals surface area contributed by atoms with Crippen molar-refractivity contribution >= 4 is 17.5 Å². The third kappa shape index (κ3) is 6.85. The first-order chi connectivity index (χ1) is 13.3. The highest BCUT2D eigenvalue weighted by Gasteiger charge is 2.26. The standard InChI is InChI=1S/C21H27N5O2/c1-21(2,3)28-20(27)26-10-8-16(9-11-26)14-24-18-4-6-19(7-5-18)25-15-17(12-22)13-23/h4-7,15-16,24-25H,8-11,14H2,1-3H3. The van der Waals surface area contributed by atoms with Crippen LogP contribution in [0.4, 0.5) is 16.2 Å². The number of rotatable bonds is 5. The predicted octanol–water partition coefficient (Wildman–Crippen LogP) is 4.09. The number of allylic oxidation sites excluding steroid dienone is 1. The molecule has 0 radical (unpaired) electrons. The predicted molar refractivity (Wildman–Crippen MR) is 108 cm³/mol. The van der Waals surface area contributed by atoms with Crippen LogP contribution in [-0.4, -0.2) is 36.2 Å². The van der Waals surface area contributed by atoms with Crippen molar-refractivity contribution in [1.82, 2.24) is 4.90 Å². The summed E-state index contributed by atoms with van der Waals surface area (Å²) in [4.78, 5) is 13.9. The van der Waals surface area contributed by atoms with Crippen LogP contribution < -0.4 is 10.6 Å². The lowest BCUT2D eigenvalue weighted by Crippen LogP contribution is -2.42. The second kappa shape index (κ2) is 9.66. The van der Waals surface area contributed by atoms with E-state index in [0.29, 0.717) is 5.92 Å². The number of piperidine rings is 1. The smallest absolute Gasteiger partial charge is 0.410 e. The van der Waals surface area contributed by atoms with Gasteiger partial charge in [-0.25, -0.2) is 4.79 Å². The highest BCUT2D eigenvalue weighted by atomic mass is 16.6. The lowest BCUT2D eigenvalue weighted by molar-refractivity contribution is 0.0188. The number of carbonyl (C=O) groups is 1. The summed E-state index contributed by atoms with van der Waals surface area (Å²) in [5.41, 5.74) is 1.38. The minimum absolute atomic E-state index is 0.0277. The molecule has 148 valence electrons. The number of nitrogens with zero attached hydrogens (tertiary/aromatic N) is 3. The minimum atomic E-state index is -0.461. The van der Waals surface area contributed by atoms with E-state index in [-0.39, 0.29) is 11.7 Å². The van der Waals surface area contributed by atoms with Gasteiger partial charge >= 0.3 is 6.09 Å². The average molecular weight is 381 g/mol. The summed E-state index contributed by atoms with van der Waals surface area (Å²) in [7, 11) is 0. The lowest BCUT2D eigenvalue weighted by Gasteiger charge is -2.33. The molecule has 7 nitrogen and oxygen atoms in total. The van der Waals surface area contributed by atoms with Crippen molar-refractivity contribution in [2.45, 2.75) is 39.2 Å². The van der Waals surface area contributed by atoms with E-state index in [1.807, 2.05) is 45.0 Å². The first kappa shape index (κ1) is 21.1. The Hall–Kier alpha value is -3.19. The molecule has 0 aromatic heterocycles. The Morgan fingerprint density at radius 2 is 1.75 bits per heavy atom. The van der Waals surface area contributed by atoms with Crippen LogP contribution in [0.3, 0.4) is 0 Å². The van der Waals surface area contributed by atoms with E-state index in [1.54, 1.807) is 17.0 Å². The van der Waals surface area contributed by atoms with E-state index in [0.717, 1.165) is 43.9 Å². The van der Waals surface area contributed by atoms with E-state index in [1.165, 1.54) is 6.20 Å². The van der Waals surface area contributed by atoms with Crippen molar-refractivity contribution in [3.63, 3.8) is 0 Å². The highest BCUT2D eigenvalue weighted by Crippen LogP contribution is 2.21. The molecule has 1 aromatic carbocycles. The first-order valence-corrected chi connectivity index (χ1v) is 9.39. The summed E-state index contributed by atoms with van der Waals surface area (Å²) in [5.74, 6) is 0.508. The summed E-state index contributed by atoms with van der Waals surface area (Å²) in [5, 5.41) is 23.8. The Morgan fingerprint density at radius 3 is 2.29 bits per heavy atom. The molecule has 0 saturated carbocycles. The lowest BCUT2D eigenvalue weighted by atomic mass is 9.97. The molecule has 1 amide bonds. The number of amides is 1. The summed E-state index contributed by atoms with van der Waals surface area (Å²) in [6, 6.07) is 11.3. The van der Waals surface area contributed by atoms with Gasteiger partial charge in [0.15, 0.2) is 0 Å². The van der Waals surface area contributed by atoms with Gasteiger partial charge < -0.3 is 20.3 Å². The van der Waals surface area contributed by atoms with Gasteiger partial charge in [-0.3, -0.25) is 0 Å². The van der Waals surface area contributed by atoms with E-state index < -0.39 is 5.60 Å². The number of carbonyl (C=O) groups excluding carboxylic acids is 1. The Labute approximate surface area is 166 Å². The number of nitriles is 2. The monoisotopic (exact) mass is 381 g/mol. The number of nitrogens with one attached hydrogen (secondary N) is 2. The van der Waals surface area contributed by atoms with E-state index in [9.17, 15) is 4.79 Å². The molecular weight excluding hydrogens is 354 g/mol. The van der Waals surface area contributed by atoms with Gasteiger partial charge in [0.05, 0.1) is 0 Å². The number of hydrogen-bond donors (Lipinski definition) is 2. The second-order valence-electron chi connectivity index (χ2n) is 7.79. The normalized spacial score (nSPS) is 14.4. The fourth-order valence-corrected chi connectivity index (χ4v) is 2.84. The Morgan fingerprint density at radius 1 is 1.18 bits per heavy atom. The van der Waals surface area contributed by atoms with Gasteiger partial charge in [0.1, 0.15) is 23.3 Å². The molecule has 1 saturated heterocycles. The van der Waals surface area contributed by atoms with Crippen LogP contribution in [-0.2, 0) is 4.74 Å². The molecule has 0 unspecified atom stereocenters. The van der Waals surface area contributed by atoms with Crippen LogP contribution in [0.2, 0.25) is 0 Å². The zero-order chi connectivity index (χ0) is 20.6. The maximum atomic E-state index is 12.1. The molecule has 1 fully saturated rings. The van der Waals surface area contributed by atoms with Crippen molar-refractivity contribution in [2.75, 3.05) is 30.3 Å². The fourth-order valence-electron chi connectivity index (χ4n) is 2.84. The van der Waals surface area contributed by atoms with Gasteiger partial charge in [-0.1, -0.05) is 0 Å². The van der Waals surface area contributed by atoms with Crippen LogP contribution in [0.5, 0.6) is 0 Å². The molecule has 1 aliphatic heterocycles. The van der Waals surface area contributed by atoms with E-state index in [2.05, 4.69) is 10.6 Å². The molecule has 1 aliphatic rings. The van der Waals surface area contributed by atoms with Crippen LogP contribution in [0.15, 0.2) is 36.0 Å². The molecule has 2 rings (SSSR count). The van der Waals surface area contributed by atoms with Crippen molar-refractivity contribution < 1.29 is 9.53 Å². The van der Waals surface area contributed by atoms with Crippen molar-refractivity contribution in [1.29, 1.82) is 10.5 Å². The molecule has 7 heteroatoms. The fraction of sp³-hybridized carbons (Fsp3) is 0.476. The molecule has 28 heavy (non-hydrogen) atoms. The highest BCUT2D eigenvalue weighted by molar-refractivity contribution is 5.68. The maximum absolute atomic E-state index is 12.1. The third-order valence-corrected chi connectivity index (χ3v) is 4.37. The van der Waals surface area contributed by atoms with Gasteiger partial charge in [0.25, 0.3) is 0 Å². The van der Waals surface area contributed by atoms with Crippen LogP contribution >= 0.6 is 0 Å². The largest absolute Gasteiger partial charge is 0.444 e. The molecule has 2 N–H and O–H groups in total. The van der Waals surface area contributed by atoms with Gasteiger partial charge in [-0.05, 0) is 63.8 Å². The number of benzene rings is 1. The first-order valence-electron chi connectivity index (χ1n) is 9.39. The molecule has 0 spiro atoms. The molecule has 1 heterocycles. The summed E-state index contributed by atoms with van der Waals surface area (Å²) in [6.45, 7) is 7.93. The summed E-state index contributed by atoms with van der Waals surface area (Å²) < 4.78 is 5.43. The molecular formula is C21H27N5O2. The Balaban J connectivity index is 1.75. The van der Waals surface area contributed by atoms with Crippen molar-refractivity contribution in [3.05, 3.63) is 36.0 Å². The summed E-state index contributed by atoms with van der Waals surface area (Å²) >= 11 is 0. The number of likely N-dealkylation sites (tertiary alicyclic amines) is 1. The van der Waals surface area contributed by atoms with Gasteiger partial charge in [0.2, 0.25) is 0 Å². The minimum Gasteiger partial charge on any atom is -0.444 e. The maximum Gasteiger partial charge on any atom is 0.410 e. The summed E-state index contributed by atoms with van der Waals surface area (Å²) in [6.07, 6.45) is 3.05. The number of ether oxygens (including phenoxy) is 1. The topological polar surface area (TPSA) is 101 Å². The van der Waals surface area contributed by atoms with E-state index in [4.69, 9.17) is 15.3 Å². The van der Waals surface area contributed by atoms with Crippen LogP contribution in [0, 0.1) is 28.6 Å². The number of hydrogen-bond acceptors (Lipinski definition) is 6. The Kier molecular flexibility index (Phi) is 7.28. The Bertz CT molecular complexity index is 757. The quantitative estimate of drug-likeness (QED) is 0.745. The van der Waals surface area contributed by atoms with Crippen LogP contribution in [0.1, 0.15) is 33.6 Å². The van der Waals surface area contributed by atoms with Gasteiger partial charge in [-0.15, -0.1) is 0 Å². The van der Waals surface area contributed by atoms with Crippen LogP contribution in [0.25, 0.3) is 0 Å². The molecule has 0 bridgehead atoms. The molecule has 1 aromatic rings. The molecule has 0 atom stereocenters. The van der Waals surface area contributed by atoms with Gasteiger partial charge in [0, 0.05) is 37.2 Å². The second-order valence-corrected chi connectivity index (χ2v) is 7.79. The average Bonchev–Trinajstić information content (AvgIpc) is 2.67. The molecule has 0 aliphatic carbocycles. The van der Waals surface area contributed by atoms with Crippen molar-refractivity contribution in [2.24, 2.45) is 5.92 Å². The third-order valence-electron chi connectivity index (χ3n) is 4.37. The zero-order valence-electron chi connectivity index (χ0n) is 16.7. The van der Waals surface area contributed by atoms with Gasteiger partial charge in [-0.2, -0.15) is 10.5 Å².